The first-order valence-electron chi connectivity index (χ1n) is 10.9. The van der Waals surface area contributed by atoms with E-state index in [-0.39, 0.29) is 23.8 Å². The van der Waals surface area contributed by atoms with Gasteiger partial charge in [-0.3, -0.25) is 9.59 Å². The number of nitrogens with one attached hydrogen (secondary N) is 1. The van der Waals surface area contributed by atoms with E-state index >= 15 is 0 Å². The molecule has 1 N–H and O–H groups in total. The third-order valence-electron chi connectivity index (χ3n) is 6.13. The Kier molecular flexibility index (Phi) is 5.32. The summed E-state index contributed by atoms with van der Waals surface area (Å²) >= 11 is 0. The number of amides is 3. The molecule has 2 saturated heterocycles. The molecule has 4 aliphatic rings. The maximum atomic E-state index is 13.1. The Hall–Kier alpha value is -2.45. The van der Waals surface area contributed by atoms with E-state index in [0.29, 0.717) is 19.8 Å². The predicted molar refractivity (Wildman–Crippen MR) is 110 cm³/mol. The molecule has 0 aromatic rings. The van der Waals surface area contributed by atoms with Gasteiger partial charge in [-0.1, -0.05) is 0 Å². The molecular weight excluding hydrogens is 386 g/mol. The van der Waals surface area contributed by atoms with Gasteiger partial charge in [-0.15, -0.1) is 0 Å². The van der Waals surface area contributed by atoms with E-state index in [1.54, 1.807) is 0 Å². The smallest absolute Gasteiger partial charge is 0.408 e. The van der Waals surface area contributed by atoms with Crippen LogP contribution < -0.4 is 5.32 Å². The van der Waals surface area contributed by atoms with Gasteiger partial charge in [-0.05, 0) is 52.4 Å². The third kappa shape index (κ3) is 4.34. The SMILES string of the molecule is CN1C=C2C(=O)N(C3CCN(C(=O)C(NC(=O)OC(C)(C)C)C4CC4)CC3)CN2C1. The van der Waals surface area contributed by atoms with E-state index in [1.807, 2.05) is 48.7 Å². The first-order valence-corrected chi connectivity index (χ1v) is 10.9. The molecule has 1 atom stereocenters. The lowest BCUT2D eigenvalue weighted by molar-refractivity contribution is -0.136. The van der Waals surface area contributed by atoms with Crippen LogP contribution in [0.3, 0.4) is 0 Å². The minimum Gasteiger partial charge on any atom is -0.444 e. The van der Waals surface area contributed by atoms with Gasteiger partial charge in [-0.2, -0.15) is 0 Å². The van der Waals surface area contributed by atoms with E-state index in [2.05, 4.69) is 10.2 Å². The van der Waals surface area contributed by atoms with Crippen LogP contribution in [0.15, 0.2) is 11.9 Å². The Morgan fingerprint density at radius 1 is 1.13 bits per heavy atom. The molecule has 9 nitrogen and oxygen atoms in total. The van der Waals surface area contributed by atoms with Crippen LogP contribution >= 0.6 is 0 Å². The van der Waals surface area contributed by atoms with Gasteiger partial charge in [0.25, 0.3) is 5.91 Å². The largest absolute Gasteiger partial charge is 0.444 e. The third-order valence-corrected chi connectivity index (χ3v) is 6.13. The Labute approximate surface area is 178 Å². The second kappa shape index (κ2) is 7.67. The second-order valence-corrected chi connectivity index (χ2v) is 9.89. The number of hydrogen-bond acceptors (Lipinski definition) is 6. The maximum absolute atomic E-state index is 13.1. The number of nitrogens with zero attached hydrogens (tertiary/aromatic N) is 4. The van der Waals surface area contributed by atoms with Crippen molar-refractivity contribution in [3.8, 4) is 0 Å². The molecule has 0 bridgehead atoms. The molecule has 1 saturated carbocycles. The molecular formula is C21H33N5O4. The highest BCUT2D eigenvalue weighted by atomic mass is 16.6. The fraction of sp³-hybridized carbons (Fsp3) is 0.762. The number of ether oxygens (including phenoxy) is 1. The van der Waals surface area contributed by atoms with Crippen LogP contribution in [-0.2, 0) is 14.3 Å². The normalized spacial score (nSPS) is 23.5. The molecule has 1 aliphatic carbocycles. The molecule has 0 radical (unpaired) electrons. The lowest BCUT2D eigenvalue weighted by Gasteiger charge is -2.38. The van der Waals surface area contributed by atoms with Gasteiger partial charge < -0.3 is 29.7 Å². The zero-order valence-corrected chi connectivity index (χ0v) is 18.4. The molecule has 3 heterocycles. The summed E-state index contributed by atoms with van der Waals surface area (Å²) in [5, 5.41) is 2.80. The number of alkyl carbamates (subject to hydrolysis) is 1. The molecule has 9 heteroatoms. The summed E-state index contributed by atoms with van der Waals surface area (Å²) in [4.78, 5) is 46.0. The Bertz CT molecular complexity index is 749. The summed E-state index contributed by atoms with van der Waals surface area (Å²) < 4.78 is 5.35. The second-order valence-electron chi connectivity index (χ2n) is 9.89. The van der Waals surface area contributed by atoms with E-state index in [9.17, 15) is 14.4 Å². The molecule has 4 rings (SSSR count). The zero-order chi connectivity index (χ0) is 21.6. The summed E-state index contributed by atoms with van der Waals surface area (Å²) in [6.45, 7) is 8.00. The van der Waals surface area contributed by atoms with Crippen molar-refractivity contribution in [3.63, 3.8) is 0 Å². The molecule has 30 heavy (non-hydrogen) atoms. The molecule has 3 amide bonds. The van der Waals surface area contributed by atoms with Gasteiger partial charge in [0.15, 0.2) is 0 Å². The monoisotopic (exact) mass is 419 g/mol. The van der Waals surface area contributed by atoms with Crippen molar-refractivity contribution < 1.29 is 19.1 Å². The lowest BCUT2D eigenvalue weighted by Crippen LogP contribution is -2.54. The molecule has 0 aromatic carbocycles. The van der Waals surface area contributed by atoms with Crippen LogP contribution in [-0.4, -0.2) is 88.7 Å². The van der Waals surface area contributed by atoms with Crippen molar-refractivity contribution >= 4 is 17.9 Å². The first-order chi connectivity index (χ1) is 14.1. The van der Waals surface area contributed by atoms with Crippen molar-refractivity contribution in [2.75, 3.05) is 33.5 Å². The molecule has 3 aliphatic heterocycles. The van der Waals surface area contributed by atoms with Gasteiger partial charge in [0.2, 0.25) is 5.91 Å². The summed E-state index contributed by atoms with van der Waals surface area (Å²) in [5.41, 5.74) is 0.173. The fourth-order valence-corrected chi connectivity index (χ4v) is 4.50. The Morgan fingerprint density at radius 2 is 1.80 bits per heavy atom. The average Bonchev–Trinajstić information content (AvgIpc) is 3.37. The molecule has 3 fully saturated rings. The summed E-state index contributed by atoms with van der Waals surface area (Å²) in [7, 11) is 1.97. The van der Waals surface area contributed by atoms with Gasteiger partial charge in [0.05, 0.1) is 13.3 Å². The van der Waals surface area contributed by atoms with E-state index < -0.39 is 17.7 Å². The molecule has 0 aromatic heterocycles. The Balaban J connectivity index is 1.32. The van der Waals surface area contributed by atoms with Crippen LogP contribution in [0.5, 0.6) is 0 Å². The minimum absolute atomic E-state index is 0.0282. The standard InChI is InChI=1S/C21H33N5O4/c1-21(2,3)30-20(29)22-17(14-5-6-14)19(28)24-9-7-15(8-10-24)26-13-25-12-23(4)11-16(25)18(26)27/h11,14-15,17H,5-10,12-13H2,1-4H3,(H,22,29). The summed E-state index contributed by atoms with van der Waals surface area (Å²) in [6.07, 6.45) is 4.79. The number of carbonyl (C=O) groups excluding carboxylic acids is 3. The lowest BCUT2D eigenvalue weighted by atomic mass is 10.0. The zero-order valence-electron chi connectivity index (χ0n) is 18.4. The molecule has 0 spiro atoms. The van der Waals surface area contributed by atoms with Crippen molar-refractivity contribution in [2.45, 2.75) is 64.1 Å². The first kappa shape index (κ1) is 20.8. The van der Waals surface area contributed by atoms with Crippen LogP contribution in [0.2, 0.25) is 0 Å². The quantitative estimate of drug-likeness (QED) is 0.735. The number of rotatable bonds is 4. The van der Waals surface area contributed by atoms with E-state index in [4.69, 9.17) is 4.74 Å². The average molecular weight is 420 g/mol. The number of likely N-dealkylation sites (tertiary alicyclic amines) is 1. The predicted octanol–water partition coefficient (Wildman–Crippen LogP) is 1.13. The highest BCUT2D eigenvalue weighted by Gasteiger charge is 2.43. The van der Waals surface area contributed by atoms with Crippen molar-refractivity contribution in [1.29, 1.82) is 0 Å². The Morgan fingerprint density at radius 3 is 2.37 bits per heavy atom. The van der Waals surface area contributed by atoms with E-state index in [1.165, 1.54) is 0 Å². The van der Waals surface area contributed by atoms with Crippen molar-refractivity contribution in [1.82, 2.24) is 24.9 Å². The van der Waals surface area contributed by atoms with Gasteiger partial charge >= 0.3 is 6.09 Å². The van der Waals surface area contributed by atoms with Crippen LogP contribution in [0, 0.1) is 5.92 Å². The maximum Gasteiger partial charge on any atom is 0.408 e. The highest BCUT2D eigenvalue weighted by Crippen LogP contribution is 2.35. The topological polar surface area (TPSA) is 85.4 Å². The molecule has 166 valence electrons. The van der Waals surface area contributed by atoms with E-state index in [0.717, 1.165) is 38.0 Å². The van der Waals surface area contributed by atoms with Gasteiger partial charge in [0.1, 0.15) is 17.3 Å². The van der Waals surface area contributed by atoms with Crippen LogP contribution in [0.1, 0.15) is 46.5 Å². The van der Waals surface area contributed by atoms with Crippen LogP contribution in [0.25, 0.3) is 0 Å². The number of piperidine rings is 1. The van der Waals surface area contributed by atoms with Crippen molar-refractivity contribution in [3.05, 3.63) is 11.9 Å². The minimum atomic E-state index is -0.597. The highest BCUT2D eigenvalue weighted by molar-refractivity contribution is 5.95. The van der Waals surface area contributed by atoms with Gasteiger partial charge in [-0.25, -0.2) is 4.79 Å². The van der Waals surface area contributed by atoms with Gasteiger partial charge in [0, 0.05) is 32.4 Å². The number of hydrogen-bond donors (Lipinski definition) is 1. The number of carbonyl (C=O) groups is 3. The fourth-order valence-electron chi connectivity index (χ4n) is 4.50. The van der Waals surface area contributed by atoms with Crippen molar-refractivity contribution in [2.24, 2.45) is 5.92 Å². The molecule has 1 unspecified atom stereocenters. The van der Waals surface area contributed by atoms with Crippen LogP contribution in [0.4, 0.5) is 4.79 Å². The number of fused-ring (bicyclic) bond motifs is 1. The summed E-state index contributed by atoms with van der Waals surface area (Å²) in [6, 6.07) is -0.368. The summed E-state index contributed by atoms with van der Waals surface area (Å²) in [5.74, 6) is 0.255.